The molecule has 2 rings (SSSR count). The maximum Gasteiger partial charge on any atom is 0.247 e. The largest absolute Gasteiger partial charge is 0.300 e. The molecule has 0 spiro atoms. The number of nitrogens with one attached hydrogen (secondary N) is 1. The van der Waals surface area contributed by atoms with Gasteiger partial charge >= 0.3 is 0 Å². The molecule has 17 heavy (non-hydrogen) atoms. The summed E-state index contributed by atoms with van der Waals surface area (Å²) in [6, 6.07) is 0. The van der Waals surface area contributed by atoms with Crippen LogP contribution in [0.2, 0.25) is 5.02 Å². The Hall–Kier alpha value is -1.40. The highest BCUT2D eigenvalue weighted by atomic mass is 35.5. The monoisotopic (exact) mass is 270 g/mol. The van der Waals surface area contributed by atoms with Crippen molar-refractivity contribution >= 4 is 34.0 Å². The van der Waals surface area contributed by atoms with E-state index in [1.54, 1.807) is 6.20 Å². The Morgan fingerprint density at radius 1 is 1.59 bits per heavy atom. The molecule has 5 nitrogen and oxygen atoms in total. The third kappa shape index (κ3) is 3.04. The zero-order chi connectivity index (χ0) is 12.4. The van der Waals surface area contributed by atoms with Gasteiger partial charge in [0.25, 0.3) is 0 Å². The van der Waals surface area contributed by atoms with Crippen molar-refractivity contribution in [2.24, 2.45) is 0 Å². The van der Waals surface area contributed by atoms with E-state index < -0.39 is 0 Å². The minimum absolute atomic E-state index is 0.129. The molecule has 0 aliphatic heterocycles. The summed E-state index contributed by atoms with van der Waals surface area (Å²) in [5, 5.41) is 7.78. The van der Waals surface area contributed by atoms with Crippen LogP contribution in [0.4, 0.5) is 5.13 Å². The summed E-state index contributed by atoms with van der Waals surface area (Å²) in [6.07, 6.45) is 3.09. The number of carbonyl (C=O) groups is 1. The van der Waals surface area contributed by atoms with Crippen LogP contribution in [0.15, 0.2) is 12.4 Å². The lowest BCUT2D eigenvalue weighted by atomic mass is 10.4. The molecule has 90 valence electrons. The van der Waals surface area contributed by atoms with Gasteiger partial charge in [0.15, 0.2) is 5.13 Å². The van der Waals surface area contributed by atoms with Crippen LogP contribution in [0.5, 0.6) is 0 Å². The Bertz CT molecular complexity index is 529. The topological polar surface area (TPSA) is 59.8 Å². The van der Waals surface area contributed by atoms with E-state index in [4.69, 9.17) is 11.6 Å². The molecule has 2 aromatic heterocycles. The molecule has 0 atom stereocenters. The number of halogens is 1. The van der Waals surface area contributed by atoms with Crippen LogP contribution >= 0.6 is 22.9 Å². The van der Waals surface area contributed by atoms with Crippen molar-refractivity contribution in [1.29, 1.82) is 0 Å². The molecular weight excluding hydrogens is 260 g/mol. The van der Waals surface area contributed by atoms with E-state index in [2.05, 4.69) is 15.4 Å². The smallest absolute Gasteiger partial charge is 0.247 e. The lowest BCUT2D eigenvalue weighted by Crippen LogP contribution is -2.18. The van der Waals surface area contributed by atoms with Crippen molar-refractivity contribution in [2.75, 3.05) is 5.32 Å². The molecule has 0 fully saturated rings. The van der Waals surface area contributed by atoms with Crippen molar-refractivity contribution in [3.05, 3.63) is 28.0 Å². The van der Waals surface area contributed by atoms with Gasteiger partial charge < -0.3 is 5.32 Å². The maximum atomic E-state index is 11.7. The Balaban J connectivity index is 1.97. The first kappa shape index (κ1) is 12.1. The van der Waals surface area contributed by atoms with Crippen molar-refractivity contribution in [2.45, 2.75) is 20.4 Å². The summed E-state index contributed by atoms with van der Waals surface area (Å²) in [4.78, 5) is 17.0. The number of hydrogen-bond acceptors (Lipinski definition) is 4. The van der Waals surface area contributed by atoms with Crippen LogP contribution in [0.25, 0.3) is 0 Å². The Morgan fingerprint density at radius 3 is 2.88 bits per heavy atom. The van der Waals surface area contributed by atoms with E-state index in [-0.39, 0.29) is 12.5 Å². The van der Waals surface area contributed by atoms with Crippen LogP contribution in [-0.4, -0.2) is 20.7 Å². The van der Waals surface area contributed by atoms with Crippen molar-refractivity contribution in [3.63, 3.8) is 0 Å². The molecular formula is C10H11ClN4OS. The minimum Gasteiger partial charge on any atom is -0.300 e. The fourth-order valence-corrected chi connectivity index (χ4v) is 2.24. The van der Waals surface area contributed by atoms with Crippen LogP contribution < -0.4 is 5.32 Å². The van der Waals surface area contributed by atoms with Crippen LogP contribution in [0.3, 0.4) is 0 Å². The second-order valence-electron chi connectivity index (χ2n) is 3.56. The lowest BCUT2D eigenvalue weighted by molar-refractivity contribution is -0.116. The number of amides is 1. The van der Waals surface area contributed by atoms with Crippen LogP contribution in [-0.2, 0) is 11.3 Å². The number of aromatic nitrogens is 3. The van der Waals surface area contributed by atoms with Gasteiger partial charge in [-0.2, -0.15) is 5.10 Å². The van der Waals surface area contributed by atoms with Gasteiger partial charge in [-0.3, -0.25) is 9.48 Å². The number of carbonyl (C=O) groups excluding carboxylic acids is 1. The van der Waals surface area contributed by atoms with Gasteiger partial charge in [-0.05, 0) is 13.8 Å². The number of thiazole rings is 1. The van der Waals surface area contributed by atoms with E-state index in [1.807, 2.05) is 13.8 Å². The van der Waals surface area contributed by atoms with Crippen LogP contribution in [0.1, 0.15) is 10.6 Å². The number of nitrogens with zero attached hydrogens (tertiary/aromatic N) is 3. The predicted molar refractivity (Wildman–Crippen MR) is 67.5 cm³/mol. The molecule has 1 amide bonds. The molecule has 0 aromatic carbocycles. The van der Waals surface area contributed by atoms with Crippen molar-refractivity contribution < 1.29 is 4.79 Å². The Morgan fingerprint density at radius 2 is 2.35 bits per heavy atom. The highest BCUT2D eigenvalue weighted by molar-refractivity contribution is 7.15. The van der Waals surface area contributed by atoms with Gasteiger partial charge in [-0.15, -0.1) is 11.3 Å². The van der Waals surface area contributed by atoms with E-state index in [0.29, 0.717) is 10.2 Å². The summed E-state index contributed by atoms with van der Waals surface area (Å²) >= 11 is 7.16. The maximum absolute atomic E-state index is 11.7. The van der Waals surface area contributed by atoms with Gasteiger partial charge in [0.1, 0.15) is 6.54 Å². The molecule has 0 radical (unpaired) electrons. The lowest BCUT2D eigenvalue weighted by Gasteiger charge is -2.01. The average molecular weight is 271 g/mol. The Kier molecular flexibility index (Phi) is 3.44. The van der Waals surface area contributed by atoms with Crippen molar-refractivity contribution in [1.82, 2.24) is 14.8 Å². The zero-order valence-corrected chi connectivity index (χ0v) is 11.0. The summed E-state index contributed by atoms with van der Waals surface area (Å²) in [5.74, 6) is -0.168. The number of hydrogen-bond donors (Lipinski definition) is 1. The van der Waals surface area contributed by atoms with Gasteiger partial charge in [0, 0.05) is 11.1 Å². The molecule has 2 heterocycles. The predicted octanol–water partition coefficient (Wildman–Crippen LogP) is 2.25. The molecule has 0 bridgehead atoms. The summed E-state index contributed by atoms with van der Waals surface area (Å²) < 4.78 is 1.48. The molecule has 0 saturated heterocycles. The highest BCUT2D eigenvalue weighted by Crippen LogP contribution is 2.20. The average Bonchev–Trinajstić information content (AvgIpc) is 2.75. The third-order valence-electron chi connectivity index (χ3n) is 2.18. The number of anilines is 1. The standard InChI is InChI=1S/C10H11ClN4OS/c1-6-7(2)17-10(13-6)14-9(16)5-15-4-8(11)3-12-15/h3-4H,5H2,1-2H3,(H,13,14,16). The highest BCUT2D eigenvalue weighted by Gasteiger charge is 2.08. The first-order valence-electron chi connectivity index (χ1n) is 4.96. The number of aryl methyl sites for hydroxylation is 2. The molecule has 0 aliphatic rings. The molecule has 7 heteroatoms. The normalized spacial score (nSPS) is 10.5. The summed E-state index contributed by atoms with van der Waals surface area (Å²) in [6.45, 7) is 4.01. The first-order chi connectivity index (χ1) is 8.04. The Labute approximate surface area is 107 Å². The van der Waals surface area contributed by atoms with Gasteiger partial charge in [0.05, 0.1) is 16.9 Å². The molecule has 1 N–H and O–H groups in total. The van der Waals surface area contributed by atoms with E-state index in [0.717, 1.165) is 10.6 Å². The van der Waals surface area contributed by atoms with Crippen LogP contribution in [0, 0.1) is 13.8 Å². The fraction of sp³-hybridized carbons (Fsp3) is 0.300. The molecule has 0 saturated carbocycles. The molecule has 2 aromatic rings. The zero-order valence-electron chi connectivity index (χ0n) is 9.40. The first-order valence-corrected chi connectivity index (χ1v) is 6.16. The second-order valence-corrected chi connectivity index (χ2v) is 5.20. The second kappa shape index (κ2) is 4.85. The van der Waals surface area contributed by atoms with E-state index >= 15 is 0 Å². The number of rotatable bonds is 3. The minimum atomic E-state index is -0.168. The quantitative estimate of drug-likeness (QED) is 0.931. The summed E-state index contributed by atoms with van der Waals surface area (Å²) in [5.41, 5.74) is 0.937. The van der Waals surface area contributed by atoms with E-state index in [9.17, 15) is 4.79 Å². The fourth-order valence-electron chi connectivity index (χ4n) is 1.26. The van der Waals surface area contributed by atoms with Crippen molar-refractivity contribution in [3.8, 4) is 0 Å². The molecule has 0 aliphatic carbocycles. The third-order valence-corrected chi connectivity index (χ3v) is 3.37. The molecule has 0 unspecified atom stereocenters. The van der Waals surface area contributed by atoms with Gasteiger partial charge in [-0.1, -0.05) is 11.6 Å². The van der Waals surface area contributed by atoms with Gasteiger partial charge in [-0.25, -0.2) is 4.98 Å². The summed E-state index contributed by atoms with van der Waals surface area (Å²) in [7, 11) is 0. The van der Waals surface area contributed by atoms with Gasteiger partial charge in [0.2, 0.25) is 5.91 Å². The van der Waals surface area contributed by atoms with E-state index in [1.165, 1.54) is 22.2 Å². The SMILES string of the molecule is Cc1nc(NC(=O)Cn2cc(Cl)cn2)sc1C.